The first-order valence-electron chi connectivity index (χ1n) is 7.49. The van der Waals surface area contributed by atoms with Crippen molar-refractivity contribution >= 4 is 15.9 Å². The van der Waals surface area contributed by atoms with E-state index in [1.807, 2.05) is 0 Å². The van der Waals surface area contributed by atoms with Crippen LogP contribution in [0.5, 0.6) is 0 Å². The van der Waals surface area contributed by atoms with Crippen LogP contribution in [0.15, 0.2) is 23.1 Å². The fraction of sp³-hybridized carbons (Fsp3) is 0.533. The van der Waals surface area contributed by atoms with Crippen molar-refractivity contribution in [3.8, 4) is 0 Å². The molecule has 1 amide bonds. The number of nitrogens with one attached hydrogen (secondary N) is 2. The Kier molecular flexibility index (Phi) is 6.27. The Morgan fingerprint density at radius 2 is 2.21 bits per heavy atom. The van der Waals surface area contributed by atoms with E-state index < -0.39 is 28.3 Å². The molecule has 0 spiro atoms. The average molecular weight is 360 g/mol. The normalized spacial score (nSPS) is 21.5. The fourth-order valence-corrected chi connectivity index (χ4v) is 3.46. The van der Waals surface area contributed by atoms with Gasteiger partial charge in [0.15, 0.2) is 0 Å². The molecule has 0 bridgehead atoms. The van der Waals surface area contributed by atoms with E-state index >= 15 is 0 Å². The maximum Gasteiger partial charge on any atom is 0.241 e. The van der Waals surface area contributed by atoms with Crippen LogP contribution in [-0.4, -0.2) is 53.3 Å². The van der Waals surface area contributed by atoms with Gasteiger partial charge in [-0.1, -0.05) is 0 Å². The quantitative estimate of drug-likeness (QED) is 0.763. The molecule has 0 aromatic heterocycles. The van der Waals surface area contributed by atoms with Crippen molar-refractivity contribution in [1.29, 1.82) is 0 Å². The van der Waals surface area contributed by atoms with Crippen LogP contribution in [0.25, 0.3) is 0 Å². The number of halogens is 1. The van der Waals surface area contributed by atoms with E-state index in [-0.39, 0.29) is 22.6 Å². The molecule has 1 heterocycles. The molecule has 1 saturated heterocycles. The molecule has 134 valence electrons. The van der Waals surface area contributed by atoms with Gasteiger partial charge >= 0.3 is 0 Å². The van der Waals surface area contributed by atoms with E-state index in [2.05, 4.69) is 10.0 Å². The van der Waals surface area contributed by atoms with Crippen LogP contribution < -0.4 is 10.0 Å². The van der Waals surface area contributed by atoms with Crippen molar-refractivity contribution < 1.29 is 27.1 Å². The van der Waals surface area contributed by atoms with Gasteiger partial charge in [-0.05, 0) is 37.1 Å². The lowest BCUT2D eigenvalue weighted by Crippen LogP contribution is -2.51. The lowest BCUT2D eigenvalue weighted by molar-refractivity contribution is -0.124. The second kappa shape index (κ2) is 8.02. The van der Waals surface area contributed by atoms with Crippen LogP contribution in [0, 0.1) is 12.7 Å². The van der Waals surface area contributed by atoms with Gasteiger partial charge in [0.1, 0.15) is 11.9 Å². The first-order valence-corrected chi connectivity index (χ1v) is 8.97. The highest BCUT2D eigenvalue weighted by Gasteiger charge is 2.27. The molecule has 0 radical (unpaired) electrons. The Morgan fingerprint density at radius 3 is 2.88 bits per heavy atom. The van der Waals surface area contributed by atoms with Crippen LogP contribution in [0.4, 0.5) is 4.39 Å². The summed E-state index contributed by atoms with van der Waals surface area (Å²) in [6.45, 7) is 1.94. The largest absolute Gasteiger partial charge is 0.379 e. The van der Waals surface area contributed by atoms with Gasteiger partial charge in [-0.25, -0.2) is 17.5 Å². The van der Waals surface area contributed by atoms with Gasteiger partial charge in [0.05, 0.1) is 24.1 Å². The zero-order valence-electron chi connectivity index (χ0n) is 13.5. The van der Waals surface area contributed by atoms with E-state index in [1.54, 1.807) is 0 Å². The minimum atomic E-state index is -3.89. The highest BCUT2D eigenvalue weighted by molar-refractivity contribution is 7.89. The number of rotatable bonds is 6. The van der Waals surface area contributed by atoms with E-state index in [0.29, 0.717) is 19.6 Å². The maximum atomic E-state index is 13.2. The summed E-state index contributed by atoms with van der Waals surface area (Å²) in [5.74, 6) is -0.955. The van der Waals surface area contributed by atoms with E-state index in [1.165, 1.54) is 20.1 Å². The van der Waals surface area contributed by atoms with Crippen molar-refractivity contribution in [1.82, 2.24) is 10.0 Å². The van der Waals surface area contributed by atoms with Crippen molar-refractivity contribution in [2.75, 3.05) is 26.9 Å². The minimum absolute atomic E-state index is 0.0879. The lowest BCUT2D eigenvalue weighted by atomic mass is 10.1. The molecule has 24 heavy (non-hydrogen) atoms. The van der Waals surface area contributed by atoms with Crippen LogP contribution in [0.3, 0.4) is 0 Å². The molecular weight excluding hydrogens is 339 g/mol. The smallest absolute Gasteiger partial charge is 0.241 e. The van der Waals surface area contributed by atoms with Gasteiger partial charge in [-0.2, -0.15) is 0 Å². The zero-order valence-corrected chi connectivity index (χ0v) is 14.4. The third-order valence-electron chi connectivity index (χ3n) is 3.82. The predicted octanol–water partition coefficient (Wildman–Crippen LogP) is 0.333. The second-order valence-electron chi connectivity index (χ2n) is 5.55. The third kappa shape index (κ3) is 4.73. The zero-order chi connectivity index (χ0) is 17.7. The number of sulfonamides is 1. The van der Waals surface area contributed by atoms with E-state index in [4.69, 9.17) is 9.47 Å². The number of aryl methyl sites for hydroxylation is 1. The van der Waals surface area contributed by atoms with Crippen LogP contribution in [0.1, 0.15) is 12.0 Å². The summed E-state index contributed by atoms with van der Waals surface area (Å²) in [6, 6.07) is 3.22. The van der Waals surface area contributed by atoms with Crippen molar-refractivity contribution in [3.05, 3.63) is 29.6 Å². The molecule has 2 rings (SSSR count). The number of ether oxygens (including phenoxy) is 2. The molecule has 7 nitrogen and oxygen atoms in total. The van der Waals surface area contributed by atoms with E-state index in [9.17, 15) is 17.6 Å². The number of carbonyl (C=O) groups is 1. The molecule has 0 saturated carbocycles. The molecule has 2 N–H and O–H groups in total. The van der Waals surface area contributed by atoms with Gasteiger partial charge in [0, 0.05) is 13.7 Å². The number of benzene rings is 1. The van der Waals surface area contributed by atoms with Gasteiger partial charge in [-0.15, -0.1) is 0 Å². The van der Waals surface area contributed by atoms with Gasteiger partial charge in [0.2, 0.25) is 15.9 Å². The summed E-state index contributed by atoms with van der Waals surface area (Å²) in [7, 11) is -2.36. The van der Waals surface area contributed by atoms with Gasteiger partial charge in [0.25, 0.3) is 0 Å². The summed E-state index contributed by atoms with van der Waals surface area (Å²) in [5.41, 5.74) is 0.215. The molecule has 1 aromatic carbocycles. The second-order valence-corrected chi connectivity index (χ2v) is 7.31. The van der Waals surface area contributed by atoms with Crippen LogP contribution in [0.2, 0.25) is 0 Å². The maximum absolute atomic E-state index is 13.2. The summed E-state index contributed by atoms with van der Waals surface area (Å²) in [6.07, 6.45) is 0.327. The number of carbonyl (C=O) groups excluding carboxylic acids is 1. The molecule has 0 aliphatic carbocycles. The topological polar surface area (TPSA) is 93.7 Å². The molecule has 1 fully saturated rings. The van der Waals surface area contributed by atoms with Crippen LogP contribution >= 0.6 is 0 Å². The minimum Gasteiger partial charge on any atom is -0.379 e. The van der Waals surface area contributed by atoms with Crippen LogP contribution in [-0.2, 0) is 24.3 Å². The highest BCUT2D eigenvalue weighted by Crippen LogP contribution is 2.14. The highest BCUT2D eigenvalue weighted by atomic mass is 32.2. The molecule has 1 aliphatic rings. The summed E-state index contributed by atoms with van der Waals surface area (Å²) >= 11 is 0. The predicted molar refractivity (Wildman–Crippen MR) is 84.5 cm³/mol. The molecule has 9 heteroatoms. The summed E-state index contributed by atoms with van der Waals surface area (Å²) in [5, 5.41) is 2.73. The lowest BCUT2D eigenvalue weighted by Gasteiger charge is -2.31. The monoisotopic (exact) mass is 360 g/mol. The van der Waals surface area contributed by atoms with Crippen molar-refractivity contribution in [3.63, 3.8) is 0 Å². The van der Waals surface area contributed by atoms with Crippen molar-refractivity contribution in [2.24, 2.45) is 0 Å². The third-order valence-corrected chi connectivity index (χ3v) is 5.21. The Hall–Kier alpha value is -1.55. The Morgan fingerprint density at radius 1 is 1.46 bits per heavy atom. The molecular formula is C15H21FN2O5S. The summed E-state index contributed by atoms with van der Waals surface area (Å²) < 4.78 is 50.2. The van der Waals surface area contributed by atoms with E-state index in [0.717, 1.165) is 12.1 Å². The number of hydrogen-bond donors (Lipinski definition) is 2. The first-order chi connectivity index (χ1) is 11.3. The number of hydrogen-bond acceptors (Lipinski definition) is 5. The Balaban J connectivity index is 1.93. The first kappa shape index (κ1) is 18.8. The molecule has 0 unspecified atom stereocenters. The fourth-order valence-electron chi connectivity index (χ4n) is 2.40. The van der Waals surface area contributed by atoms with Gasteiger partial charge in [-0.3, -0.25) is 4.79 Å². The Bertz CT molecular complexity index is 695. The average Bonchev–Trinajstić information content (AvgIpc) is 2.56. The molecule has 1 aromatic rings. The van der Waals surface area contributed by atoms with Crippen molar-refractivity contribution in [2.45, 2.75) is 30.4 Å². The number of amides is 1. The molecule has 1 aliphatic heterocycles. The van der Waals surface area contributed by atoms with Gasteiger partial charge < -0.3 is 14.8 Å². The Labute approximate surface area is 140 Å². The molecule has 2 atom stereocenters. The standard InChI is InChI=1S/C15H21FN2O5S/c1-10-7-11(3-4-12(10)16)24(20,21)17-8-15(19)18-13-5-6-23-9-14(13)22-2/h3-4,7,13-14,17H,5-6,8-9H2,1-2H3,(H,18,19)/t13-,14-/m1/s1. The number of methoxy groups -OCH3 is 1. The summed E-state index contributed by atoms with van der Waals surface area (Å²) in [4.78, 5) is 11.9. The SMILES string of the molecule is CO[C@@H]1COCC[C@H]1NC(=O)CNS(=O)(=O)c1ccc(F)c(C)c1.